The summed E-state index contributed by atoms with van der Waals surface area (Å²) < 4.78 is 0. The molecule has 0 unspecified atom stereocenters. The smallest absolute Gasteiger partial charge is 0.229 e. The van der Waals surface area contributed by atoms with Crippen molar-refractivity contribution in [3.05, 3.63) is 48.0 Å². The molecule has 1 amide bonds. The molecule has 1 N–H and O–H groups in total. The van der Waals surface area contributed by atoms with Crippen LogP contribution in [0.4, 0.5) is 5.82 Å². The van der Waals surface area contributed by atoms with Crippen LogP contribution in [0.15, 0.2) is 36.8 Å². The number of hydrogen-bond donors (Lipinski definition) is 1. The van der Waals surface area contributed by atoms with Crippen molar-refractivity contribution >= 4 is 34.6 Å². The van der Waals surface area contributed by atoms with E-state index in [2.05, 4.69) is 20.3 Å². The first-order valence-electron chi connectivity index (χ1n) is 10.0. The number of fused-ring (bicyclic) bond motifs is 1. The van der Waals surface area contributed by atoms with E-state index in [0.29, 0.717) is 24.4 Å². The minimum absolute atomic E-state index is 0.0445. The number of Topliss-reactive ketones (excluding diaryl/α,β-unsaturated/α-hetero) is 1. The predicted molar refractivity (Wildman–Crippen MR) is 113 cm³/mol. The van der Waals surface area contributed by atoms with Crippen molar-refractivity contribution in [3.63, 3.8) is 0 Å². The van der Waals surface area contributed by atoms with Crippen LogP contribution in [-0.2, 0) is 9.59 Å². The average molecular weight is 402 g/mol. The van der Waals surface area contributed by atoms with Crippen LogP contribution in [0.3, 0.4) is 0 Å². The average Bonchev–Trinajstić information content (AvgIpc) is 3.54. The van der Waals surface area contributed by atoms with Crippen LogP contribution in [0.5, 0.6) is 0 Å². The van der Waals surface area contributed by atoms with Crippen molar-refractivity contribution in [1.29, 1.82) is 0 Å². The Labute approximate surface area is 174 Å². The van der Waals surface area contributed by atoms with Crippen molar-refractivity contribution in [2.75, 3.05) is 5.32 Å². The number of anilines is 1. The van der Waals surface area contributed by atoms with Crippen LogP contribution in [-0.4, -0.2) is 32.9 Å². The van der Waals surface area contributed by atoms with Gasteiger partial charge in [0.15, 0.2) is 5.78 Å². The highest BCUT2D eigenvalue weighted by molar-refractivity contribution is 5.98. The molecule has 0 radical (unpaired) electrons. The lowest BCUT2D eigenvalue weighted by molar-refractivity contribution is -0.119. The summed E-state index contributed by atoms with van der Waals surface area (Å²) >= 11 is 0. The molecular formula is C23H22N4O3. The Balaban J connectivity index is 1.56. The Morgan fingerprint density at radius 2 is 1.87 bits per heavy atom. The molecule has 3 heterocycles. The first-order valence-corrected chi connectivity index (χ1v) is 10.0. The van der Waals surface area contributed by atoms with E-state index in [9.17, 15) is 14.4 Å². The van der Waals surface area contributed by atoms with E-state index < -0.39 is 0 Å². The third-order valence-corrected chi connectivity index (χ3v) is 5.36. The molecule has 30 heavy (non-hydrogen) atoms. The van der Waals surface area contributed by atoms with Crippen molar-refractivity contribution in [2.45, 2.75) is 33.1 Å². The van der Waals surface area contributed by atoms with Gasteiger partial charge in [-0.3, -0.25) is 19.6 Å². The number of pyridine rings is 3. The summed E-state index contributed by atoms with van der Waals surface area (Å²) in [5, 5.41) is 4.48. The van der Waals surface area contributed by atoms with Crippen LogP contribution in [0.25, 0.3) is 22.0 Å². The molecule has 1 fully saturated rings. The fraction of sp³-hybridized carbons (Fsp3) is 0.304. The number of aryl methyl sites for hydroxylation is 1. The Morgan fingerprint density at radius 1 is 1.10 bits per heavy atom. The molecule has 1 saturated carbocycles. The Kier molecular flexibility index (Phi) is 5.35. The van der Waals surface area contributed by atoms with Crippen molar-refractivity contribution < 1.29 is 14.4 Å². The highest BCUT2D eigenvalue weighted by Gasteiger charge is 2.42. The summed E-state index contributed by atoms with van der Waals surface area (Å²) in [7, 11) is 0. The van der Waals surface area contributed by atoms with Gasteiger partial charge in [0.05, 0.1) is 5.69 Å². The van der Waals surface area contributed by atoms with Crippen LogP contribution >= 0.6 is 0 Å². The number of carbonyl (C=O) groups excluding carboxylic acids is 3. The van der Waals surface area contributed by atoms with Crippen LogP contribution < -0.4 is 5.32 Å². The summed E-state index contributed by atoms with van der Waals surface area (Å²) in [5.74, 6) is -0.112. The van der Waals surface area contributed by atoms with Crippen molar-refractivity contribution in [1.82, 2.24) is 15.0 Å². The normalized spacial score (nSPS) is 17.5. The zero-order valence-electron chi connectivity index (χ0n) is 16.9. The number of nitrogens with one attached hydrogen (secondary N) is 1. The third kappa shape index (κ3) is 3.96. The summed E-state index contributed by atoms with van der Waals surface area (Å²) in [6.45, 7) is 3.91. The van der Waals surface area contributed by atoms with Gasteiger partial charge in [0.1, 0.15) is 17.8 Å². The molecule has 0 spiro atoms. The van der Waals surface area contributed by atoms with Crippen LogP contribution in [0.1, 0.15) is 42.2 Å². The highest BCUT2D eigenvalue weighted by atomic mass is 16.2. The van der Waals surface area contributed by atoms with E-state index in [0.717, 1.165) is 40.3 Å². The number of aldehydes is 1. The van der Waals surface area contributed by atoms with E-state index in [1.807, 2.05) is 19.9 Å². The molecule has 7 nitrogen and oxygen atoms in total. The second-order valence-corrected chi connectivity index (χ2v) is 7.68. The molecule has 2 atom stereocenters. The Bertz CT molecular complexity index is 1160. The number of aromatic nitrogens is 3. The molecule has 3 aromatic rings. The zero-order chi connectivity index (χ0) is 21.3. The minimum Gasteiger partial charge on any atom is -0.310 e. The molecule has 0 bridgehead atoms. The fourth-order valence-corrected chi connectivity index (χ4v) is 3.47. The largest absolute Gasteiger partial charge is 0.310 e. The molecule has 0 aliphatic heterocycles. The lowest BCUT2D eigenvalue weighted by Gasteiger charge is -2.09. The SMILES string of the molecule is CCCC(=O)c1cc(C)c(-c2cc3cnc(NC(=O)[C@@H]4C[C@H]4C=O)cc3cn2)cn1. The quantitative estimate of drug-likeness (QED) is 0.477. The molecule has 0 aromatic carbocycles. The molecule has 7 heteroatoms. The summed E-state index contributed by atoms with van der Waals surface area (Å²) in [5.41, 5.74) is 3.01. The summed E-state index contributed by atoms with van der Waals surface area (Å²) in [6, 6.07) is 5.48. The first kappa shape index (κ1) is 19.8. The lowest BCUT2D eigenvalue weighted by Crippen LogP contribution is -2.15. The van der Waals surface area contributed by atoms with Gasteiger partial charge in [-0.1, -0.05) is 6.92 Å². The van der Waals surface area contributed by atoms with Crippen LogP contribution in [0, 0.1) is 18.8 Å². The minimum atomic E-state index is -0.247. The number of hydrogen-bond acceptors (Lipinski definition) is 6. The van der Waals surface area contributed by atoms with Crippen molar-refractivity contribution in [3.8, 4) is 11.3 Å². The number of ketones is 1. The second-order valence-electron chi connectivity index (χ2n) is 7.68. The molecule has 1 aliphatic carbocycles. The highest BCUT2D eigenvalue weighted by Crippen LogP contribution is 2.37. The molecule has 152 valence electrons. The monoisotopic (exact) mass is 402 g/mol. The van der Waals surface area contributed by atoms with E-state index in [1.165, 1.54) is 0 Å². The number of rotatable bonds is 7. The molecule has 4 rings (SSSR count). The summed E-state index contributed by atoms with van der Waals surface area (Å²) in [4.78, 5) is 48.1. The predicted octanol–water partition coefficient (Wildman–Crippen LogP) is 3.76. The first-order chi connectivity index (χ1) is 14.5. The van der Waals surface area contributed by atoms with Crippen molar-refractivity contribution in [2.24, 2.45) is 11.8 Å². The molecule has 0 saturated heterocycles. The van der Waals surface area contributed by atoms with E-state index in [1.54, 1.807) is 30.7 Å². The third-order valence-electron chi connectivity index (χ3n) is 5.36. The number of nitrogens with zero attached hydrogens (tertiary/aromatic N) is 3. The van der Waals surface area contributed by atoms with Gasteiger partial charge in [-0.25, -0.2) is 4.98 Å². The van der Waals surface area contributed by atoms with Gasteiger partial charge in [-0.05, 0) is 43.5 Å². The van der Waals surface area contributed by atoms with Gasteiger partial charge < -0.3 is 10.1 Å². The molecule has 1 aliphatic rings. The number of carbonyl (C=O) groups is 3. The fourth-order valence-electron chi connectivity index (χ4n) is 3.47. The Hall–Kier alpha value is -3.48. The zero-order valence-corrected chi connectivity index (χ0v) is 16.9. The summed E-state index contributed by atoms with van der Waals surface area (Å²) in [6.07, 6.45) is 7.80. The van der Waals surface area contributed by atoms with Gasteiger partial charge in [0.25, 0.3) is 0 Å². The molecule has 3 aromatic heterocycles. The van der Waals surface area contributed by atoms with E-state index in [4.69, 9.17) is 0 Å². The van der Waals surface area contributed by atoms with E-state index in [-0.39, 0.29) is 23.5 Å². The van der Waals surface area contributed by atoms with Gasteiger partial charge in [-0.15, -0.1) is 0 Å². The maximum atomic E-state index is 12.1. The second kappa shape index (κ2) is 8.10. The van der Waals surface area contributed by atoms with E-state index >= 15 is 0 Å². The maximum absolute atomic E-state index is 12.1. The van der Waals surface area contributed by atoms with Gasteiger partial charge >= 0.3 is 0 Å². The number of amides is 1. The van der Waals surface area contributed by atoms with Gasteiger partial charge in [0.2, 0.25) is 5.91 Å². The standard InChI is InChI=1S/C23H22N4O3/c1-3-4-21(29)20-5-13(2)18(11-25-20)19-7-14-10-26-22(8-15(14)9-24-19)27-23(30)17-6-16(17)12-28/h5,7-12,16-17H,3-4,6H2,1-2H3,(H,26,27,30)/t16-,17+/m0/s1. The maximum Gasteiger partial charge on any atom is 0.229 e. The lowest BCUT2D eigenvalue weighted by atomic mass is 10.0. The molecular weight excluding hydrogens is 380 g/mol. The Morgan fingerprint density at radius 3 is 2.57 bits per heavy atom. The van der Waals surface area contributed by atoms with Gasteiger partial charge in [-0.2, -0.15) is 0 Å². The van der Waals surface area contributed by atoms with Gasteiger partial charge in [0, 0.05) is 53.2 Å². The van der Waals surface area contributed by atoms with Crippen LogP contribution in [0.2, 0.25) is 0 Å². The topological polar surface area (TPSA) is 102 Å².